The summed E-state index contributed by atoms with van der Waals surface area (Å²) in [5, 5.41) is 0. The molecule has 7 rings (SSSR count). The van der Waals surface area contributed by atoms with Gasteiger partial charge in [-0.15, -0.1) is 0 Å². The van der Waals surface area contributed by atoms with Gasteiger partial charge in [0.2, 0.25) is 11.8 Å². The second kappa shape index (κ2) is 6.58. The van der Waals surface area contributed by atoms with E-state index in [4.69, 9.17) is 0 Å². The van der Waals surface area contributed by atoms with E-state index in [2.05, 4.69) is 0 Å². The van der Waals surface area contributed by atoms with Crippen LogP contribution in [0.5, 0.6) is 0 Å². The van der Waals surface area contributed by atoms with Crippen molar-refractivity contribution in [2.24, 2.45) is 11.8 Å². The number of Topliss-reactive ketones (excluding diaryl/α,β-unsaturated/α-hetero) is 2. The van der Waals surface area contributed by atoms with E-state index in [1.807, 2.05) is 48.5 Å². The first kappa shape index (κ1) is 19.8. The Kier molecular flexibility index (Phi) is 3.95. The highest BCUT2D eigenvalue weighted by molar-refractivity contribution is 6.25. The zero-order chi connectivity index (χ0) is 23.1. The van der Waals surface area contributed by atoms with Crippen LogP contribution in [0.25, 0.3) is 0 Å². The first-order valence-electron chi connectivity index (χ1n) is 11.1. The molecule has 3 aromatic rings. The molecule has 2 atom stereocenters. The fourth-order valence-corrected chi connectivity index (χ4v) is 6.49. The molecule has 3 aliphatic carbocycles. The van der Waals surface area contributed by atoms with Crippen molar-refractivity contribution in [2.45, 2.75) is 25.2 Å². The van der Waals surface area contributed by atoms with Crippen molar-refractivity contribution < 1.29 is 19.2 Å². The Morgan fingerprint density at radius 1 is 0.788 bits per heavy atom. The summed E-state index contributed by atoms with van der Waals surface area (Å²) in [4.78, 5) is 54.6. The molecule has 5 nitrogen and oxygen atoms in total. The molecule has 1 aliphatic heterocycles. The third-order valence-corrected chi connectivity index (χ3v) is 7.68. The fourth-order valence-electron chi connectivity index (χ4n) is 6.49. The van der Waals surface area contributed by atoms with Gasteiger partial charge in [-0.25, -0.2) is 4.90 Å². The maximum absolute atomic E-state index is 14.0. The van der Waals surface area contributed by atoms with Crippen LogP contribution in [-0.2, 0) is 19.8 Å². The Bertz CT molecular complexity index is 1360. The van der Waals surface area contributed by atoms with E-state index in [1.165, 1.54) is 18.7 Å². The highest BCUT2D eigenvalue weighted by Crippen LogP contribution is 2.64. The highest BCUT2D eigenvalue weighted by Gasteiger charge is 2.69. The van der Waals surface area contributed by atoms with Crippen LogP contribution in [0.1, 0.15) is 52.4 Å². The molecule has 5 heteroatoms. The average molecular weight is 435 g/mol. The number of amides is 2. The molecule has 1 saturated heterocycles. The van der Waals surface area contributed by atoms with E-state index in [9.17, 15) is 19.2 Å². The van der Waals surface area contributed by atoms with Crippen LogP contribution in [0, 0.1) is 11.8 Å². The molecule has 0 saturated carbocycles. The quantitative estimate of drug-likeness (QED) is 0.460. The van der Waals surface area contributed by atoms with Gasteiger partial charge in [-0.2, -0.15) is 0 Å². The first-order chi connectivity index (χ1) is 15.9. The SMILES string of the molecule is CC(=O)c1cccc(N2C(=O)[C@@H]3C4c5ccccc5C(C(C)=O)(c5ccccc54)[C@@H]3C2=O)c1. The molecule has 2 amide bonds. The molecule has 0 unspecified atom stereocenters. The summed E-state index contributed by atoms with van der Waals surface area (Å²) in [6, 6.07) is 22.0. The molecule has 4 aliphatic rings. The lowest BCUT2D eigenvalue weighted by Gasteiger charge is -2.52. The minimum Gasteiger partial charge on any atom is -0.299 e. The van der Waals surface area contributed by atoms with Crippen LogP contribution in [-0.4, -0.2) is 23.4 Å². The van der Waals surface area contributed by atoms with Crippen LogP contribution in [0.3, 0.4) is 0 Å². The number of carbonyl (C=O) groups excluding carboxylic acids is 4. The smallest absolute Gasteiger partial charge is 0.239 e. The van der Waals surface area contributed by atoms with Crippen LogP contribution >= 0.6 is 0 Å². The Labute approximate surface area is 191 Å². The zero-order valence-corrected chi connectivity index (χ0v) is 18.2. The monoisotopic (exact) mass is 435 g/mol. The summed E-state index contributed by atoms with van der Waals surface area (Å²) in [5.41, 5.74) is 3.11. The van der Waals surface area contributed by atoms with Gasteiger partial charge < -0.3 is 0 Å². The predicted octanol–water partition coefficient (Wildman–Crippen LogP) is 4.03. The zero-order valence-electron chi connectivity index (χ0n) is 18.2. The van der Waals surface area contributed by atoms with E-state index < -0.39 is 17.3 Å². The van der Waals surface area contributed by atoms with Crippen LogP contribution in [0.4, 0.5) is 5.69 Å². The lowest BCUT2D eigenvalue weighted by atomic mass is 9.46. The van der Waals surface area contributed by atoms with Crippen molar-refractivity contribution in [2.75, 3.05) is 4.90 Å². The van der Waals surface area contributed by atoms with Gasteiger partial charge in [0.15, 0.2) is 5.78 Å². The van der Waals surface area contributed by atoms with E-state index in [0.717, 1.165) is 22.3 Å². The van der Waals surface area contributed by atoms with Gasteiger partial charge in [0, 0.05) is 11.5 Å². The summed E-state index contributed by atoms with van der Waals surface area (Å²) in [7, 11) is 0. The molecule has 1 heterocycles. The molecule has 0 radical (unpaired) electrons. The fraction of sp³-hybridized carbons (Fsp3) is 0.214. The lowest BCUT2D eigenvalue weighted by molar-refractivity contribution is -0.132. The molecule has 3 aromatic carbocycles. The molecule has 2 bridgehead atoms. The number of carbonyl (C=O) groups is 4. The van der Waals surface area contributed by atoms with Gasteiger partial charge in [0.05, 0.1) is 22.9 Å². The minimum absolute atomic E-state index is 0.143. The first-order valence-corrected chi connectivity index (χ1v) is 11.1. The Hall–Kier alpha value is -3.86. The maximum atomic E-state index is 14.0. The molecular formula is C28H21NO4. The number of ketones is 2. The molecule has 162 valence electrons. The Morgan fingerprint density at radius 3 is 1.97 bits per heavy atom. The summed E-state index contributed by atoms with van der Waals surface area (Å²) in [6.45, 7) is 2.97. The Balaban J connectivity index is 1.64. The summed E-state index contributed by atoms with van der Waals surface area (Å²) >= 11 is 0. The number of anilines is 1. The third-order valence-electron chi connectivity index (χ3n) is 7.68. The average Bonchev–Trinajstić information content (AvgIpc) is 3.09. The number of hydrogen-bond donors (Lipinski definition) is 0. The van der Waals surface area contributed by atoms with E-state index >= 15 is 0 Å². The number of imide groups is 1. The topological polar surface area (TPSA) is 71.5 Å². The van der Waals surface area contributed by atoms with Gasteiger partial charge in [-0.3, -0.25) is 19.2 Å². The number of hydrogen-bond acceptors (Lipinski definition) is 4. The summed E-state index contributed by atoms with van der Waals surface area (Å²) < 4.78 is 0. The number of rotatable bonds is 3. The van der Waals surface area contributed by atoms with Crippen molar-refractivity contribution >= 4 is 29.1 Å². The maximum Gasteiger partial charge on any atom is 0.239 e. The van der Waals surface area contributed by atoms with Gasteiger partial charge in [0.25, 0.3) is 0 Å². The Morgan fingerprint density at radius 2 is 1.39 bits per heavy atom. The second-order valence-electron chi connectivity index (χ2n) is 9.14. The summed E-state index contributed by atoms with van der Waals surface area (Å²) in [6.07, 6.45) is 0. The molecular weight excluding hydrogens is 414 g/mol. The third kappa shape index (κ3) is 2.26. The van der Waals surface area contributed by atoms with Crippen LogP contribution in [0.15, 0.2) is 72.8 Å². The standard InChI is InChI=1S/C28H21NO4/c1-15(30)17-8-7-9-18(14-17)29-26(32)24-23-19-10-3-5-12-21(19)28(16(2)31,25(24)27(29)33)22-13-6-4-11-20(22)23/h3-14,23-25H,1-2H3/t23?,24-,25+,28?/m1/s1. The van der Waals surface area contributed by atoms with Crippen LogP contribution in [0.2, 0.25) is 0 Å². The molecule has 0 aromatic heterocycles. The van der Waals surface area contributed by atoms with E-state index in [-0.39, 0.29) is 29.3 Å². The normalized spacial score (nSPS) is 26.6. The molecule has 1 fully saturated rings. The lowest BCUT2D eigenvalue weighted by Crippen LogP contribution is -2.57. The van der Waals surface area contributed by atoms with E-state index in [0.29, 0.717) is 11.3 Å². The second-order valence-corrected chi connectivity index (χ2v) is 9.14. The largest absolute Gasteiger partial charge is 0.299 e. The summed E-state index contributed by atoms with van der Waals surface area (Å²) in [5.74, 6) is -2.78. The number of nitrogens with zero attached hydrogens (tertiary/aromatic N) is 1. The van der Waals surface area contributed by atoms with Crippen molar-refractivity contribution in [3.05, 3.63) is 101 Å². The van der Waals surface area contributed by atoms with E-state index in [1.54, 1.807) is 24.3 Å². The minimum atomic E-state index is -1.22. The molecule has 33 heavy (non-hydrogen) atoms. The number of benzene rings is 3. The highest BCUT2D eigenvalue weighted by atomic mass is 16.2. The predicted molar refractivity (Wildman–Crippen MR) is 122 cm³/mol. The van der Waals surface area contributed by atoms with Crippen molar-refractivity contribution in [3.8, 4) is 0 Å². The van der Waals surface area contributed by atoms with Crippen molar-refractivity contribution in [3.63, 3.8) is 0 Å². The van der Waals surface area contributed by atoms with Gasteiger partial charge in [0.1, 0.15) is 5.78 Å². The molecule has 0 spiro atoms. The van der Waals surface area contributed by atoms with Gasteiger partial charge in [-0.1, -0.05) is 60.7 Å². The van der Waals surface area contributed by atoms with Crippen molar-refractivity contribution in [1.82, 2.24) is 0 Å². The van der Waals surface area contributed by atoms with Crippen molar-refractivity contribution in [1.29, 1.82) is 0 Å². The van der Waals surface area contributed by atoms with Gasteiger partial charge in [-0.05, 0) is 48.2 Å². The van der Waals surface area contributed by atoms with Gasteiger partial charge >= 0.3 is 0 Å². The molecule has 0 N–H and O–H groups in total. The van der Waals surface area contributed by atoms with Crippen LogP contribution < -0.4 is 4.90 Å².